The van der Waals surface area contributed by atoms with E-state index in [-0.39, 0.29) is 36.9 Å². The molecular weight excluding hydrogens is 1000 g/mol. The number of aliphatic hydroxyl groups is 1. The molecule has 76 heavy (non-hydrogen) atoms. The van der Waals surface area contributed by atoms with Gasteiger partial charge in [-0.3, -0.25) is 54.0 Å². The van der Waals surface area contributed by atoms with Gasteiger partial charge in [0.15, 0.2) is 0 Å². The molecule has 24 nitrogen and oxygen atoms in total. The predicted octanol–water partition coefficient (Wildman–Crippen LogP) is 2.29. The number of likely N-dealkylation sites (N-methyl/N-ethyl adjacent to an activating group) is 7. The van der Waals surface area contributed by atoms with Gasteiger partial charge in [-0.15, -0.1) is 0 Å². The number of carbonyl (C=O) groups is 11. The monoisotopic (exact) mass is 1100 g/mol. The van der Waals surface area contributed by atoms with Crippen LogP contribution in [-0.4, -0.2) is 238 Å². The van der Waals surface area contributed by atoms with E-state index in [0.29, 0.717) is 17.2 Å². The summed E-state index contributed by atoms with van der Waals surface area (Å²) in [5.74, 6) is -7.01. The first-order chi connectivity index (χ1) is 35.0. The summed E-state index contributed by atoms with van der Waals surface area (Å²) in [5.41, 5.74) is -1.57. The molecule has 1 saturated heterocycles. The van der Waals surface area contributed by atoms with Gasteiger partial charge in [0.25, 0.3) is 11.8 Å². The smallest absolute Gasteiger partial charge is 0.331 e. The molecule has 25 heteroatoms. The molecular formula is C51H92N12O12S. The van der Waals surface area contributed by atoms with Crippen molar-refractivity contribution in [1.82, 2.24) is 60.5 Å². The topological polar surface area (TPSA) is 282 Å². The first kappa shape index (κ1) is 68.5. The van der Waals surface area contributed by atoms with Crippen LogP contribution in [0.5, 0.6) is 0 Å². The summed E-state index contributed by atoms with van der Waals surface area (Å²) in [6, 6.07) is -13.7. The molecule has 0 radical (unpaired) electrons. The van der Waals surface area contributed by atoms with E-state index in [4.69, 9.17) is 0 Å². The number of rotatable bonds is 15. The first-order valence-electron chi connectivity index (χ1n) is 26.1. The summed E-state index contributed by atoms with van der Waals surface area (Å²) in [7, 11) is 8.72. The van der Waals surface area contributed by atoms with Crippen LogP contribution in [0.1, 0.15) is 109 Å². The Morgan fingerprint density at radius 1 is 0.553 bits per heavy atom. The lowest BCUT2D eigenvalue weighted by Gasteiger charge is -2.38. The zero-order valence-electron chi connectivity index (χ0n) is 48.9. The normalized spacial score (nSPS) is 24.3. The molecule has 0 unspecified atom stereocenters. The summed E-state index contributed by atoms with van der Waals surface area (Å²) in [5, 5.41) is 20.9. The molecule has 0 saturated carbocycles. The lowest BCUT2D eigenvalue weighted by Crippen LogP contribution is -2.62. The first-order valence-corrected chi connectivity index (χ1v) is 27.3. The third-order valence-electron chi connectivity index (χ3n) is 13.5. The van der Waals surface area contributed by atoms with Crippen molar-refractivity contribution in [3.05, 3.63) is 0 Å². The molecule has 1 aliphatic rings. The minimum atomic E-state index is -1.57. The van der Waals surface area contributed by atoms with Gasteiger partial charge in [0.1, 0.15) is 42.3 Å². The highest BCUT2D eigenvalue weighted by Gasteiger charge is 2.43. The second-order valence-electron chi connectivity index (χ2n) is 21.9. The predicted molar refractivity (Wildman–Crippen MR) is 290 cm³/mol. The highest BCUT2D eigenvalue weighted by atomic mass is 32.2. The molecule has 15 amide bonds. The van der Waals surface area contributed by atoms with E-state index in [0.717, 1.165) is 56.6 Å². The molecule has 7 atom stereocenters. The maximum atomic E-state index is 14.9. The molecule has 0 aromatic rings. The summed E-state index contributed by atoms with van der Waals surface area (Å²) in [6.45, 7) is 24.1. The molecule has 1 fully saturated rings. The van der Waals surface area contributed by atoms with Gasteiger partial charge >= 0.3 is 24.1 Å². The van der Waals surface area contributed by atoms with Gasteiger partial charge < -0.3 is 45.1 Å². The Morgan fingerprint density at radius 2 is 1.04 bits per heavy atom. The van der Waals surface area contributed by atoms with Crippen LogP contribution in [0.3, 0.4) is 0 Å². The fourth-order valence-corrected chi connectivity index (χ4v) is 9.68. The van der Waals surface area contributed by atoms with Crippen molar-refractivity contribution < 1.29 is 57.8 Å². The zero-order valence-corrected chi connectivity index (χ0v) is 49.7. The molecule has 434 valence electrons. The van der Waals surface area contributed by atoms with Crippen molar-refractivity contribution in [3.8, 4) is 0 Å². The van der Waals surface area contributed by atoms with Crippen LogP contribution in [0.25, 0.3) is 0 Å². The van der Waals surface area contributed by atoms with E-state index in [1.165, 1.54) is 67.8 Å². The summed E-state index contributed by atoms with van der Waals surface area (Å²) < 4.78 is 0. The third kappa shape index (κ3) is 19.5. The fourth-order valence-electron chi connectivity index (χ4n) is 8.53. The van der Waals surface area contributed by atoms with Crippen molar-refractivity contribution in [2.45, 2.75) is 157 Å². The Morgan fingerprint density at radius 3 is 1.53 bits per heavy atom. The SMILES string of the molecule is CCN(CC)CCSC[C@H]1C(=O)N(C)[C@@H](CC(C)(C)O)C(=O)N[C@H](C(C)C)C(=O)N(C)[C@H](CC(C)C)C(=O)N[C@H](C)C(=O)NC(=O)N(C)[C@H](CC(C)C)C(=O)N(C)C(=O)N(C)[C@@H](C(C)C)C(=O)N(C)C(=O)NC(=O)N1C. The fraction of sp³-hybridized carbons (Fsp3) is 0.784. The Balaban J connectivity index is 4.18. The second-order valence-corrected chi connectivity index (χ2v) is 23.1. The van der Waals surface area contributed by atoms with Crippen molar-refractivity contribution >= 4 is 77.2 Å². The Hall–Kier alpha value is -5.56. The Kier molecular flexibility index (Phi) is 27.4. The van der Waals surface area contributed by atoms with Crippen molar-refractivity contribution in [1.29, 1.82) is 0 Å². The highest BCUT2D eigenvalue weighted by molar-refractivity contribution is 7.99. The number of hydrogen-bond donors (Lipinski definition) is 5. The van der Waals surface area contributed by atoms with Gasteiger partial charge in [-0.1, -0.05) is 69.2 Å². The van der Waals surface area contributed by atoms with Crippen LogP contribution < -0.4 is 21.3 Å². The molecule has 1 heterocycles. The van der Waals surface area contributed by atoms with Gasteiger partial charge in [-0.05, 0) is 70.4 Å². The molecule has 1 aliphatic heterocycles. The molecule has 5 N–H and O–H groups in total. The van der Waals surface area contributed by atoms with Crippen molar-refractivity contribution in [2.24, 2.45) is 23.7 Å². The molecule has 1 rings (SSSR count). The molecule has 0 aromatic carbocycles. The Bertz CT molecular complexity index is 2060. The Labute approximate surface area is 455 Å². The van der Waals surface area contributed by atoms with Gasteiger partial charge in [-0.25, -0.2) is 19.2 Å². The second kappa shape index (κ2) is 30.4. The quantitative estimate of drug-likeness (QED) is 0.147. The van der Waals surface area contributed by atoms with Crippen LogP contribution in [0, 0.1) is 23.7 Å². The average molecular weight is 1100 g/mol. The number of urea groups is 4. The van der Waals surface area contributed by atoms with Gasteiger partial charge in [-0.2, -0.15) is 11.8 Å². The molecule has 0 aliphatic carbocycles. The van der Waals surface area contributed by atoms with E-state index in [9.17, 15) is 57.8 Å². The number of carbonyl (C=O) groups excluding carboxylic acids is 11. The van der Waals surface area contributed by atoms with Crippen molar-refractivity contribution in [2.75, 3.05) is 80.5 Å². The standard InChI is InChI=1S/C51H92N12O12S/c1-21-63(22-2)23-24-76-28-37-44(68)57(15)36(27-51(12,13)75)42(66)53-38(31(7)8)45(69)56(14)34(25-29(3)4)41(65)52-33(11)40(64)54-47(71)58(16)35(26-30(5)6)43(67)62(20)50(74)60(18)39(32(9)10)46(70)61(19)49(73)55-48(72)59(37)17/h29-39,75H,21-28H2,1-20H3,(H,52,65)(H,53,66)(H,54,64,71)(H,55,72,73)/t33-,34-,35-,36+,37+,38-,39+/m1/s1. The number of nitrogens with one attached hydrogen (secondary N) is 4. The van der Waals surface area contributed by atoms with Gasteiger partial charge in [0.05, 0.1) is 5.60 Å². The average Bonchev–Trinajstić information content (AvgIpc) is 3.33. The maximum absolute atomic E-state index is 14.9. The van der Waals surface area contributed by atoms with Crippen molar-refractivity contribution in [3.63, 3.8) is 0 Å². The number of nitrogens with zero attached hydrogens (tertiary/aromatic N) is 8. The van der Waals surface area contributed by atoms with E-state index < -0.39 is 125 Å². The van der Waals surface area contributed by atoms with Crippen LogP contribution in [-0.2, 0) is 33.6 Å². The summed E-state index contributed by atoms with van der Waals surface area (Å²) in [6.07, 6.45) is -0.216. The largest absolute Gasteiger partial charge is 0.390 e. The van der Waals surface area contributed by atoms with Crippen LogP contribution >= 0.6 is 11.8 Å². The third-order valence-corrected chi connectivity index (χ3v) is 14.5. The maximum Gasteiger partial charge on any atom is 0.331 e. The van der Waals surface area contributed by atoms with Crippen LogP contribution in [0.4, 0.5) is 19.2 Å². The number of imide groups is 4. The minimum Gasteiger partial charge on any atom is -0.390 e. The van der Waals surface area contributed by atoms with E-state index in [1.54, 1.807) is 41.5 Å². The van der Waals surface area contributed by atoms with Crippen LogP contribution in [0.2, 0.25) is 0 Å². The van der Waals surface area contributed by atoms with Gasteiger partial charge in [0, 0.05) is 73.8 Å². The molecule has 0 bridgehead atoms. The number of thioether (sulfide) groups is 1. The van der Waals surface area contributed by atoms with E-state index in [1.807, 2.05) is 27.7 Å². The van der Waals surface area contributed by atoms with E-state index in [2.05, 4.69) is 26.2 Å². The summed E-state index contributed by atoms with van der Waals surface area (Å²) >= 11 is 1.34. The zero-order chi connectivity index (χ0) is 59.0. The lowest BCUT2D eigenvalue weighted by molar-refractivity contribution is -0.147. The molecule has 0 aromatic heterocycles. The lowest BCUT2D eigenvalue weighted by atomic mass is 9.95. The van der Waals surface area contributed by atoms with Crippen LogP contribution in [0.15, 0.2) is 0 Å². The van der Waals surface area contributed by atoms with Gasteiger partial charge in [0.2, 0.25) is 29.5 Å². The molecule has 0 spiro atoms. The minimum absolute atomic E-state index is 0.0232. The summed E-state index contributed by atoms with van der Waals surface area (Å²) in [4.78, 5) is 165. The highest BCUT2D eigenvalue weighted by Crippen LogP contribution is 2.23. The number of amides is 15. The van der Waals surface area contributed by atoms with E-state index >= 15 is 0 Å². The number of hydrogen-bond acceptors (Lipinski definition) is 14.